The van der Waals surface area contributed by atoms with E-state index in [1.54, 1.807) is 0 Å². The Morgan fingerprint density at radius 2 is 1.59 bits per heavy atom. The highest BCUT2D eigenvalue weighted by atomic mass is 28.4. The standard InChI is InChI=1S/C14H30N4O3Si/c1-5-9-11-14-15-16-17-18(14)12-10-13-22(19-6-2,20-7-3)21-8-4/h5-13H2,1-4H3. The van der Waals surface area contributed by atoms with Crippen molar-refractivity contribution in [2.75, 3.05) is 19.8 Å². The van der Waals surface area contributed by atoms with Crippen LogP contribution in [0.3, 0.4) is 0 Å². The van der Waals surface area contributed by atoms with E-state index in [1.165, 1.54) is 0 Å². The van der Waals surface area contributed by atoms with E-state index in [2.05, 4.69) is 22.4 Å². The van der Waals surface area contributed by atoms with Crippen LogP contribution in [-0.2, 0) is 26.2 Å². The van der Waals surface area contributed by atoms with E-state index in [9.17, 15) is 0 Å². The van der Waals surface area contributed by atoms with Gasteiger partial charge in [-0.05, 0) is 44.0 Å². The Morgan fingerprint density at radius 3 is 2.14 bits per heavy atom. The first kappa shape index (κ1) is 19.2. The number of hydrogen-bond donors (Lipinski definition) is 0. The molecule has 0 atom stereocenters. The molecular formula is C14H30N4O3Si. The number of aryl methyl sites for hydroxylation is 2. The minimum absolute atomic E-state index is 0.610. The van der Waals surface area contributed by atoms with E-state index < -0.39 is 8.80 Å². The van der Waals surface area contributed by atoms with Crippen LogP contribution in [0.5, 0.6) is 0 Å². The molecule has 0 N–H and O–H groups in total. The van der Waals surface area contributed by atoms with Crippen LogP contribution in [0.25, 0.3) is 0 Å². The molecular weight excluding hydrogens is 300 g/mol. The average Bonchev–Trinajstić information content (AvgIpc) is 2.93. The van der Waals surface area contributed by atoms with Crippen molar-refractivity contribution < 1.29 is 13.3 Å². The van der Waals surface area contributed by atoms with E-state index in [0.717, 1.165) is 44.1 Å². The van der Waals surface area contributed by atoms with Gasteiger partial charge in [-0.2, -0.15) is 0 Å². The summed E-state index contributed by atoms with van der Waals surface area (Å²) in [5.41, 5.74) is 0. The molecule has 1 aromatic heterocycles. The van der Waals surface area contributed by atoms with Gasteiger partial charge in [-0.25, -0.2) is 4.68 Å². The van der Waals surface area contributed by atoms with Crippen molar-refractivity contribution in [3.8, 4) is 0 Å². The zero-order valence-electron chi connectivity index (χ0n) is 14.4. The number of unbranched alkanes of at least 4 members (excludes halogenated alkanes) is 1. The SMILES string of the molecule is CCCCc1nnnn1CCC[Si](OCC)(OCC)OCC. The summed E-state index contributed by atoms with van der Waals surface area (Å²) >= 11 is 0. The molecule has 0 fully saturated rings. The molecule has 1 rings (SSSR count). The molecule has 0 aromatic carbocycles. The fraction of sp³-hybridized carbons (Fsp3) is 0.929. The summed E-state index contributed by atoms with van der Waals surface area (Å²) < 4.78 is 19.5. The van der Waals surface area contributed by atoms with Crippen molar-refractivity contribution in [3.05, 3.63) is 5.82 Å². The van der Waals surface area contributed by atoms with Crippen LogP contribution in [0.4, 0.5) is 0 Å². The van der Waals surface area contributed by atoms with E-state index in [-0.39, 0.29) is 0 Å². The number of tetrazole rings is 1. The van der Waals surface area contributed by atoms with Gasteiger partial charge in [0.05, 0.1) is 0 Å². The van der Waals surface area contributed by atoms with Crippen LogP contribution in [0.15, 0.2) is 0 Å². The topological polar surface area (TPSA) is 71.3 Å². The highest BCUT2D eigenvalue weighted by Gasteiger charge is 2.39. The maximum Gasteiger partial charge on any atom is 0.500 e. The van der Waals surface area contributed by atoms with Gasteiger partial charge < -0.3 is 13.3 Å². The van der Waals surface area contributed by atoms with Crippen molar-refractivity contribution in [1.82, 2.24) is 20.2 Å². The van der Waals surface area contributed by atoms with Gasteiger partial charge in [0.25, 0.3) is 0 Å². The second-order valence-electron chi connectivity index (χ2n) is 5.01. The Kier molecular flexibility index (Phi) is 9.45. The summed E-state index contributed by atoms with van der Waals surface area (Å²) in [4.78, 5) is 0. The lowest BCUT2D eigenvalue weighted by Gasteiger charge is -2.28. The van der Waals surface area contributed by atoms with E-state index in [1.807, 2.05) is 25.5 Å². The first-order chi connectivity index (χ1) is 10.7. The maximum atomic E-state index is 5.86. The van der Waals surface area contributed by atoms with Gasteiger partial charge in [0.1, 0.15) is 0 Å². The fourth-order valence-corrected chi connectivity index (χ4v) is 4.95. The minimum atomic E-state index is -2.55. The summed E-state index contributed by atoms with van der Waals surface area (Å²) in [7, 11) is -2.55. The molecule has 8 heteroatoms. The summed E-state index contributed by atoms with van der Waals surface area (Å²) in [6.45, 7) is 10.7. The largest absolute Gasteiger partial charge is 0.500 e. The van der Waals surface area contributed by atoms with Gasteiger partial charge in [0, 0.05) is 38.8 Å². The molecule has 0 aliphatic rings. The summed E-state index contributed by atoms with van der Waals surface area (Å²) in [6, 6.07) is 0.787. The third-order valence-corrected chi connectivity index (χ3v) is 6.46. The van der Waals surface area contributed by atoms with E-state index in [4.69, 9.17) is 13.3 Å². The molecule has 0 radical (unpaired) electrons. The smallest absolute Gasteiger partial charge is 0.374 e. The van der Waals surface area contributed by atoms with Crippen LogP contribution in [0, 0.1) is 0 Å². The second kappa shape index (κ2) is 10.8. The van der Waals surface area contributed by atoms with Crippen molar-refractivity contribution in [2.24, 2.45) is 0 Å². The molecule has 0 bridgehead atoms. The van der Waals surface area contributed by atoms with Gasteiger partial charge in [-0.15, -0.1) is 5.10 Å². The lowest BCUT2D eigenvalue weighted by molar-refractivity contribution is 0.0704. The lowest BCUT2D eigenvalue weighted by atomic mass is 10.2. The summed E-state index contributed by atoms with van der Waals surface area (Å²) in [5, 5.41) is 12.0. The highest BCUT2D eigenvalue weighted by Crippen LogP contribution is 2.19. The van der Waals surface area contributed by atoms with Crippen molar-refractivity contribution in [1.29, 1.82) is 0 Å². The average molecular weight is 331 g/mol. The lowest BCUT2D eigenvalue weighted by Crippen LogP contribution is -2.46. The molecule has 0 aliphatic carbocycles. The van der Waals surface area contributed by atoms with Gasteiger partial charge in [0.2, 0.25) is 0 Å². The molecule has 0 amide bonds. The third-order valence-electron chi connectivity index (χ3n) is 3.31. The first-order valence-corrected chi connectivity index (χ1v) is 10.3. The van der Waals surface area contributed by atoms with Crippen LogP contribution in [0.1, 0.15) is 52.8 Å². The van der Waals surface area contributed by atoms with Gasteiger partial charge in [0.15, 0.2) is 5.82 Å². The summed E-state index contributed by atoms with van der Waals surface area (Å²) in [6.07, 6.45) is 4.06. The summed E-state index contributed by atoms with van der Waals surface area (Å²) in [5.74, 6) is 0.957. The molecule has 22 heavy (non-hydrogen) atoms. The van der Waals surface area contributed by atoms with Gasteiger partial charge >= 0.3 is 8.80 Å². The monoisotopic (exact) mass is 330 g/mol. The minimum Gasteiger partial charge on any atom is -0.374 e. The van der Waals surface area contributed by atoms with Gasteiger partial charge in [-0.1, -0.05) is 13.3 Å². The van der Waals surface area contributed by atoms with Gasteiger partial charge in [-0.3, -0.25) is 0 Å². The molecule has 0 spiro atoms. The molecule has 7 nitrogen and oxygen atoms in total. The van der Waals surface area contributed by atoms with Crippen LogP contribution >= 0.6 is 0 Å². The predicted molar refractivity (Wildman–Crippen MR) is 86.5 cm³/mol. The Labute approximate surface area is 134 Å². The van der Waals surface area contributed by atoms with E-state index >= 15 is 0 Å². The molecule has 128 valence electrons. The van der Waals surface area contributed by atoms with Crippen molar-refractivity contribution >= 4 is 8.80 Å². The normalized spacial score (nSPS) is 12.0. The van der Waals surface area contributed by atoms with Crippen LogP contribution < -0.4 is 0 Å². The Morgan fingerprint density at radius 1 is 0.955 bits per heavy atom. The first-order valence-electron chi connectivity index (χ1n) is 8.38. The molecule has 0 saturated carbocycles. The number of aromatic nitrogens is 4. The van der Waals surface area contributed by atoms with E-state index in [0.29, 0.717) is 19.8 Å². The zero-order chi connectivity index (χ0) is 16.3. The van der Waals surface area contributed by atoms with Crippen LogP contribution in [0.2, 0.25) is 6.04 Å². The third kappa shape index (κ3) is 6.11. The predicted octanol–water partition coefficient (Wildman–Crippen LogP) is 2.45. The second-order valence-corrected chi connectivity index (χ2v) is 7.74. The highest BCUT2D eigenvalue weighted by molar-refractivity contribution is 6.60. The fourth-order valence-electron chi connectivity index (χ4n) is 2.36. The quantitative estimate of drug-likeness (QED) is 0.517. The Hall–Kier alpha value is -0.833. The molecule has 1 heterocycles. The van der Waals surface area contributed by atoms with Crippen LogP contribution in [-0.4, -0.2) is 48.8 Å². The maximum absolute atomic E-state index is 5.86. The van der Waals surface area contributed by atoms with Crippen molar-refractivity contribution in [2.45, 2.75) is 66.0 Å². The molecule has 0 unspecified atom stereocenters. The molecule has 0 saturated heterocycles. The Bertz CT molecular complexity index is 386. The number of rotatable bonds is 13. The number of nitrogens with zero attached hydrogens (tertiary/aromatic N) is 4. The molecule has 1 aromatic rings. The zero-order valence-corrected chi connectivity index (χ0v) is 15.4. The molecule has 0 aliphatic heterocycles. The number of hydrogen-bond acceptors (Lipinski definition) is 6. The van der Waals surface area contributed by atoms with Crippen molar-refractivity contribution in [3.63, 3.8) is 0 Å². The Balaban J connectivity index is 2.56.